The predicted octanol–water partition coefficient (Wildman–Crippen LogP) is 1.45. The first-order chi connectivity index (χ1) is 12.2. The largest absolute Gasteiger partial charge is 0.464 e. The fraction of sp³-hybridized carbons (Fsp3) is 0.471. The average Bonchev–Trinajstić information content (AvgIpc) is 2.53. The Bertz CT molecular complexity index is 697. The highest BCUT2D eigenvalue weighted by atomic mass is 16.6. The first-order valence-electron chi connectivity index (χ1n) is 8.05. The van der Waals surface area contributed by atoms with E-state index in [0.29, 0.717) is 5.56 Å². The monoisotopic (exact) mass is 366 g/mol. The van der Waals surface area contributed by atoms with E-state index in [9.17, 15) is 24.5 Å². The molecule has 0 atom stereocenters. The molecule has 0 spiro atoms. The molecular formula is C17H22N2O7. The maximum absolute atomic E-state index is 12.6. The minimum atomic E-state index is -2.21. The molecule has 0 aliphatic heterocycles. The second-order valence-corrected chi connectivity index (χ2v) is 5.54. The number of amides is 1. The summed E-state index contributed by atoms with van der Waals surface area (Å²) < 4.78 is 9.91. The number of nitrogens with one attached hydrogen (secondary N) is 1. The van der Waals surface area contributed by atoms with E-state index < -0.39 is 34.7 Å². The Labute approximate surface area is 150 Å². The third-order valence-corrected chi connectivity index (χ3v) is 3.60. The van der Waals surface area contributed by atoms with E-state index in [2.05, 4.69) is 5.32 Å². The zero-order valence-corrected chi connectivity index (χ0v) is 15.2. The summed E-state index contributed by atoms with van der Waals surface area (Å²) in [6, 6.07) is 4.52. The number of nitro groups is 1. The van der Waals surface area contributed by atoms with Gasteiger partial charge in [-0.1, -0.05) is 18.2 Å². The summed E-state index contributed by atoms with van der Waals surface area (Å²) in [4.78, 5) is 47.7. The highest BCUT2D eigenvalue weighted by molar-refractivity contribution is 6.08. The van der Waals surface area contributed by atoms with Crippen LogP contribution in [0.1, 0.15) is 31.9 Å². The molecule has 0 saturated heterocycles. The fourth-order valence-electron chi connectivity index (χ4n) is 2.59. The smallest absolute Gasteiger partial charge is 0.344 e. The van der Waals surface area contributed by atoms with Crippen molar-refractivity contribution in [2.75, 3.05) is 13.2 Å². The quantitative estimate of drug-likeness (QED) is 0.319. The van der Waals surface area contributed by atoms with Gasteiger partial charge in [0, 0.05) is 24.5 Å². The van der Waals surface area contributed by atoms with Crippen LogP contribution in [-0.2, 0) is 30.3 Å². The van der Waals surface area contributed by atoms with Crippen LogP contribution in [0.25, 0.3) is 0 Å². The molecule has 0 heterocycles. The van der Waals surface area contributed by atoms with Crippen LogP contribution in [0.3, 0.4) is 0 Å². The van der Waals surface area contributed by atoms with E-state index in [4.69, 9.17) is 9.47 Å². The minimum absolute atomic E-state index is 0.0461. The number of para-hydroxylation sites is 1. The van der Waals surface area contributed by atoms with Crippen molar-refractivity contribution < 1.29 is 28.8 Å². The molecule has 9 nitrogen and oxygen atoms in total. The summed E-state index contributed by atoms with van der Waals surface area (Å²) in [6.45, 7) is 5.65. The molecule has 0 bridgehead atoms. The van der Waals surface area contributed by atoms with Gasteiger partial charge in [0.25, 0.3) is 5.69 Å². The number of carbonyl (C=O) groups excluding carboxylic acids is 3. The number of nitro benzene ring substituents is 1. The number of esters is 2. The molecule has 0 saturated carbocycles. The fourth-order valence-corrected chi connectivity index (χ4v) is 2.59. The van der Waals surface area contributed by atoms with Gasteiger partial charge in [0.1, 0.15) is 0 Å². The van der Waals surface area contributed by atoms with Crippen LogP contribution in [0.15, 0.2) is 18.2 Å². The van der Waals surface area contributed by atoms with Crippen LogP contribution in [-0.4, -0.2) is 41.5 Å². The predicted molar refractivity (Wildman–Crippen MR) is 91.4 cm³/mol. The lowest BCUT2D eigenvalue weighted by molar-refractivity contribution is -0.386. The van der Waals surface area contributed by atoms with Gasteiger partial charge in [-0.05, 0) is 20.8 Å². The van der Waals surface area contributed by atoms with Gasteiger partial charge in [-0.25, -0.2) is 9.59 Å². The summed E-state index contributed by atoms with van der Waals surface area (Å²) in [6.07, 6.45) is -0.470. The number of benzene rings is 1. The molecule has 26 heavy (non-hydrogen) atoms. The van der Waals surface area contributed by atoms with Gasteiger partial charge in [0.15, 0.2) is 0 Å². The maximum atomic E-state index is 12.6. The van der Waals surface area contributed by atoms with Gasteiger partial charge in [-0.3, -0.25) is 14.9 Å². The first-order valence-corrected chi connectivity index (χ1v) is 8.05. The second kappa shape index (κ2) is 8.93. The van der Waals surface area contributed by atoms with Crippen molar-refractivity contribution >= 4 is 23.5 Å². The molecule has 0 aromatic heterocycles. The lowest BCUT2D eigenvalue weighted by atomic mass is 9.88. The highest BCUT2D eigenvalue weighted by Gasteiger charge is 2.51. The Morgan fingerprint density at radius 3 is 2.12 bits per heavy atom. The number of aryl methyl sites for hydroxylation is 1. The Morgan fingerprint density at radius 1 is 1.15 bits per heavy atom. The van der Waals surface area contributed by atoms with Crippen molar-refractivity contribution in [2.45, 2.75) is 39.7 Å². The van der Waals surface area contributed by atoms with E-state index in [-0.39, 0.29) is 24.5 Å². The minimum Gasteiger partial charge on any atom is -0.464 e. The van der Waals surface area contributed by atoms with Crippen molar-refractivity contribution in [3.8, 4) is 0 Å². The zero-order chi connectivity index (χ0) is 19.9. The summed E-state index contributed by atoms with van der Waals surface area (Å²) in [5.41, 5.74) is -1.99. The Morgan fingerprint density at radius 2 is 1.69 bits per heavy atom. The van der Waals surface area contributed by atoms with Gasteiger partial charge in [-0.15, -0.1) is 0 Å². The molecule has 1 N–H and O–H groups in total. The van der Waals surface area contributed by atoms with Gasteiger partial charge in [0.2, 0.25) is 11.4 Å². The van der Waals surface area contributed by atoms with Gasteiger partial charge in [0.05, 0.1) is 18.1 Å². The third kappa shape index (κ3) is 4.56. The van der Waals surface area contributed by atoms with Gasteiger partial charge in [-0.2, -0.15) is 0 Å². The highest BCUT2D eigenvalue weighted by Crippen LogP contribution is 2.28. The number of hydrogen-bond donors (Lipinski definition) is 1. The van der Waals surface area contributed by atoms with Gasteiger partial charge >= 0.3 is 11.9 Å². The van der Waals surface area contributed by atoms with Crippen molar-refractivity contribution in [3.63, 3.8) is 0 Å². The Balaban J connectivity index is 3.56. The topological polar surface area (TPSA) is 125 Å². The third-order valence-electron chi connectivity index (χ3n) is 3.60. The van der Waals surface area contributed by atoms with Crippen LogP contribution in [0.4, 0.5) is 5.69 Å². The Hall–Kier alpha value is -2.97. The van der Waals surface area contributed by atoms with Crippen LogP contribution < -0.4 is 5.32 Å². The van der Waals surface area contributed by atoms with Crippen LogP contribution >= 0.6 is 0 Å². The van der Waals surface area contributed by atoms with Crippen LogP contribution in [0, 0.1) is 17.0 Å². The van der Waals surface area contributed by atoms with E-state index in [1.165, 1.54) is 32.9 Å². The maximum Gasteiger partial charge on any atom is 0.344 e. The lowest BCUT2D eigenvalue weighted by Crippen LogP contribution is -2.62. The summed E-state index contributed by atoms with van der Waals surface area (Å²) in [5.74, 6) is -2.75. The first kappa shape index (κ1) is 21.1. The molecule has 0 unspecified atom stereocenters. The van der Waals surface area contributed by atoms with Crippen molar-refractivity contribution in [1.82, 2.24) is 5.32 Å². The number of rotatable bonds is 8. The Kier molecular flexibility index (Phi) is 7.24. The van der Waals surface area contributed by atoms with Crippen LogP contribution in [0.5, 0.6) is 0 Å². The number of ether oxygens (including phenoxy) is 2. The van der Waals surface area contributed by atoms with Gasteiger partial charge < -0.3 is 14.8 Å². The molecule has 9 heteroatoms. The molecule has 142 valence electrons. The molecule has 1 aromatic carbocycles. The summed E-state index contributed by atoms with van der Waals surface area (Å²) in [7, 11) is 0. The summed E-state index contributed by atoms with van der Waals surface area (Å²) in [5, 5.41) is 13.7. The molecule has 1 amide bonds. The average molecular weight is 366 g/mol. The zero-order valence-electron chi connectivity index (χ0n) is 15.2. The second-order valence-electron chi connectivity index (χ2n) is 5.54. The molecular weight excluding hydrogens is 344 g/mol. The number of nitrogens with zero attached hydrogens (tertiary/aromatic N) is 1. The van der Waals surface area contributed by atoms with E-state index in [1.54, 1.807) is 6.07 Å². The van der Waals surface area contributed by atoms with E-state index >= 15 is 0 Å². The molecule has 0 radical (unpaired) electrons. The molecule has 1 aromatic rings. The molecule has 0 aliphatic carbocycles. The van der Waals surface area contributed by atoms with Crippen LogP contribution in [0.2, 0.25) is 0 Å². The van der Waals surface area contributed by atoms with Crippen molar-refractivity contribution in [1.29, 1.82) is 0 Å². The lowest BCUT2D eigenvalue weighted by Gasteiger charge is -2.29. The van der Waals surface area contributed by atoms with E-state index in [0.717, 1.165) is 6.92 Å². The number of carbonyl (C=O) groups is 3. The van der Waals surface area contributed by atoms with Crippen molar-refractivity contribution in [3.05, 3.63) is 39.4 Å². The SMILES string of the molecule is CCOC(=O)C(Cc1cccc(C)c1[N+](=O)[O-])(NC(C)=O)C(=O)OCC. The molecule has 0 aliphatic rings. The van der Waals surface area contributed by atoms with E-state index in [1.807, 2.05) is 0 Å². The van der Waals surface area contributed by atoms with Crippen molar-refractivity contribution in [2.24, 2.45) is 0 Å². The normalized spacial score (nSPS) is 10.8. The number of hydrogen-bond acceptors (Lipinski definition) is 7. The molecule has 0 fully saturated rings. The molecule has 1 rings (SSSR count). The summed E-state index contributed by atoms with van der Waals surface area (Å²) >= 11 is 0. The standard InChI is InChI=1S/C17H22N2O7/c1-5-25-15(21)17(18-12(4)20,16(22)26-6-2)10-13-9-7-8-11(3)14(13)19(23)24/h7-9H,5-6,10H2,1-4H3,(H,18,20).